The minimum absolute atomic E-state index is 0.0614. The van der Waals surface area contributed by atoms with Crippen LogP contribution in [0.1, 0.15) is 19.0 Å². The third-order valence-electron chi connectivity index (χ3n) is 3.70. The number of ether oxygens (including phenoxy) is 2. The molecule has 1 spiro atoms. The van der Waals surface area contributed by atoms with Gasteiger partial charge in [-0.3, -0.25) is 0 Å². The molecule has 1 N–H and O–H groups in total. The van der Waals surface area contributed by atoms with Crippen LogP contribution in [0.3, 0.4) is 0 Å². The summed E-state index contributed by atoms with van der Waals surface area (Å²) < 4.78 is 10.9. The number of methoxy groups -OCH3 is 1. The van der Waals surface area contributed by atoms with Crippen molar-refractivity contribution in [3.63, 3.8) is 0 Å². The summed E-state index contributed by atoms with van der Waals surface area (Å²) in [6.45, 7) is 2.24. The molecule has 1 amide bonds. The molecule has 2 aliphatic rings. The summed E-state index contributed by atoms with van der Waals surface area (Å²) in [7, 11) is 1.53. The van der Waals surface area contributed by atoms with E-state index < -0.39 is 11.7 Å². The highest BCUT2D eigenvalue weighted by atomic mass is 16.5. The molecule has 0 aromatic carbocycles. The molecule has 2 atom stereocenters. The summed E-state index contributed by atoms with van der Waals surface area (Å²) >= 11 is 0. The van der Waals surface area contributed by atoms with Gasteiger partial charge >= 0.3 is 6.09 Å². The van der Waals surface area contributed by atoms with E-state index in [1.165, 1.54) is 18.2 Å². The third-order valence-corrected chi connectivity index (χ3v) is 3.70. The molecular formula is C12H15N3O4. The normalized spacial score (nSPS) is 28.3. The first-order valence-corrected chi connectivity index (χ1v) is 6.11. The number of nitrogens with zero attached hydrogens (tertiary/aromatic N) is 3. The number of fused-ring (bicyclic) bond motifs is 1. The minimum Gasteiger partial charge on any atom is -0.480 e. The predicted octanol–water partition coefficient (Wildman–Crippen LogP) is 0.931. The molecule has 1 saturated heterocycles. The van der Waals surface area contributed by atoms with Gasteiger partial charge in [-0.25, -0.2) is 14.8 Å². The number of carbonyl (C=O) groups is 1. The van der Waals surface area contributed by atoms with Crippen LogP contribution < -0.4 is 9.47 Å². The summed E-state index contributed by atoms with van der Waals surface area (Å²) in [6.07, 6.45) is 1.81. The largest absolute Gasteiger partial charge is 0.480 e. The van der Waals surface area contributed by atoms with E-state index in [-0.39, 0.29) is 6.04 Å². The van der Waals surface area contributed by atoms with Gasteiger partial charge in [0.25, 0.3) is 0 Å². The average Bonchev–Trinajstić information content (AvgIpc) is 2.87. The Morgan fingerprint density at radius 1 is 1.68 bits per heavy atom. The van der Waals surface area contributed by atoms with Gasteiger partial charge in [0.1, 0.15) is 11.3 Å². The van der Waals surface area contributed by atoms with Crippen LogP contribution in [0.4, 0.5) is 4.79 Å². The zero-order chi connectivity index (χ0) is 13.6. The molecule has 7 heteroatoms. The fourth-order valence-corrected chi connectivity index (χ4v) is 2.88. The van der Waals surface area contributed by atoms with Crippen LogP contribution in [0.5, 0.6) is 11.8 Å². The van der Waals surface area contributed by atoms with Crippen molar-refractivity contribution in [3.8, 4) is 11.8 Å². The van der Waals surface area contributed by atoms with E-state index in [0.29, 0.717) is 31.1 Å². The first-order chi connectivity index (χ1) is 9.03. The quantitative estimate of drug-likeness (QED) is 0.813. The maximum Gasteiger partial charge on any atom is 0.407 e. The zero-order valence-electron chi connectivity index (χ0n) is 10.8. The Morgan fingerprint density at radius 3 is 3.11 bits per heavy atom. The lowest BCUT2D eigenvalue weighted by Crippen LogP contribution is -2.39. The van der Waals surface area contributed by atoms with E-state index in [1.807, 2.05) is 6.92 Å². The lowest BCUT2D eigenvalue weighted by molar-refractivity contribution is 0.0926. The van der Waals surface area contributed by atoms with Crippen molar-refractivity contribution < 1.29 is 19.4 Å². The molecule has 1 aromatic rings. The van der Waals surface area contributed by atoms with Crippen LogP contribution in [0.15, 0.2) is 6.20 Å². The van der Waals surface area contributed by atoms with Gasteiger partial charge in [0.05, 0.1) is 19.9 Å². The SMILES string of the molecule is COc1cnc2c(n1)CC1(C[C@H](C)N(C(=O)O)C1)O2. The van der Waals surface area contributed by atoms with Crippen molar-refractivity contribution >= 4 is 6.09 Å². The van der Waals surface area contributed by atoms with Crippen molar-refractivity contribution in [2.75, 3.05) is 13.7 Å². The number of hydrogen-bond donors (Lipinski definition) is 1. The average molecular weight is 265 g/mol. The molecule has 0 radical (unpaired) electrons. The van der Waals surface area contributed by atoms with E-state index in [0.717, 1.165) is 5.69 Å². The Kier molecular flexibility index (Phi) is 2.51. The second kappa shape index (κ2) is 3.97. The summed E-state index contributed by atoms with van der Waals surface area (Å²) in [5.41, 5.74) is 0.214. The van der Waals surface area contributed by atoms with Crippen molar-refractivity contribution in [2.45, 2.75) is 31.4 Å². The Morgan fingerprint density at radius 2 is 2.47 bits per heavy atom. The number of amides is 1. The van der Waals surface area contributed by atoms with Crippen molar-refractivity contribution in [1.82, 2.24) is 14.9 Å². The van der Waals surface area contributed by atoms with Gasteiger partial charge in [-0.15, -0.1) is 0 Å². The molecule has 3 rings (SSSR count). The van der Waals surface area contributed by atoms with Gasteiger partial charge < -0.3 is 19.5 Å². The molecule has 1 fully saturated rings. The van der Waals surface area contributed by atoms with Gasteiger partial charge in [-0.05, 0) is 6.92 Å². The molecular weight excluding hydrogens is 250 g/mol. The molecule has 1 unspecified atom stereocenters. The van der Waals surface area contributed by atoms with E-state index in [1.54, 1.807) is 0 Å². The summed E-state index contributed by atoms with van der Waals surface area (Å²) in [6, 6.07) is -0.0614. The van der Waals surface area contributed by atoms with Crippen LogP contribution in [-0.2, 0) is 6.42 Å². The fourth-order valence-electron chi connectivity index (χ4n) is 2.88. The van der Waals surface area contributed by atoms with Crippen LogP contribution >= 0.6 is 0 Å². The second-order valence-electron chi connectivity index (χ2n) is 5.09. The van der Waals surface area contributed by atoms with Crippen LogP contribution in [0, 0.1) is 0 Å². The number of aromatic nitrogens is 2. The Bertz CT molecular complexity index is 536. The van der Waals surface area contributed by atoms with E-state index in [4.69, 9.17) is 14.6 Å². The van der Waals surface area contributed by atoms with Gasteiger partial charge in [0, 0.05) is 18.9 Å². The lowest BCUT2D eigenvalue weighted by atomic mass is 9.97. The predicted molar refractivity (Wildman–Crippen MR) is 64.5 cm³/mol. The van der Waals surface area contributed by atoms with Gasteiger partial charge in [0.15, 0.2) is 0 Å². The van der Waals surface area contributed by atoms with Crippen molar-refractivity contribution in [3.05, 3.63) is 11.9 Å². The van der Waals surface area contributed by atoms with Gasteiger partial charge in [-0.2, -0.15) is 0 Å². The molecule has 102 valence electrons. The summed E-state index contributed by atoms with van der Waals surface area (Å²) in [4.78, 5) is 21.0. The highest BCUT2D eigenvalue weighted by Crippen LogP contribution is 2.41. The molecule has 0 aliphatic carbocycles. The molecule has 19 heavy (non-hydrogen) atoms. The van der Waals surface area contributed by atoms with Crippen LogP contribution in [0.2, 0.25) is 0 Å². The van der Waals surface area contributed by atoms with Crippen molar-refractivity contribution in [2.24, 2.45) is 0 Å². The fraction of sp³-hybridized carbons (Fsp3) is 0.583. The molecule has 0 bridgehead atoms. The van der Waals surface area contributed by atoms with Crippen LogP contribution in [-0.4, -0.2) is 51.4 Å². The topological polar surface area (TPSA) is 84.8 Å². The highest BCUT2D eigenvalue weighted by molar-refractivity contribution is 5.66. The van der Waals surface area contributed by atoms with E-state index >= 15 is 0 Å². The first-order valence-electron chi connectivity index (χ1n) is 6.11. The third kappa shape index (κ3) is 1.85. The maximum absolute atomic E-state index is 11.1. The molecule has 1 aromatic heterocycles. The van der Waals surface area contributed by atoms with Gasteiger partial charge in [0.2, 0.25) is 11.8 Å². The summed E-state index contributed by atoms with van der Waals surface area (Å²) in [5, 5.41) is 9.15. The summed E-state index contributed by atoms with van der Waals surface area (Å²) in [5.74, 6) is 0.931. The van der Waals surface area contributed by atoms with E-state index in [2.05, 4.69) is 9.97 Å². The number of hydrogen-bond acceptors (Lipinski definition) is 5. The molecule has 3 heterocycles. The second-order valence-corrected chi connectivity index (χ2v) is 5.09. The zero-order valence-corrected chi connectivity index (χ0v) is 10.8. The number of carboxylic acid groups (broad SMARTS) is 1. The highest BCUT2D eigenvalue weighted by Gasteiger charge is 2.51. The standard InChI is InChI=1S/C12H15N3O4/c1-7-3-12(6-15(7)11(16)17)4-8-10(19-12)13-5-9(14-8)18-2/h5,7H,3-4,6H2,1-2H3,(H,16,17)/t7-,12?/m0/s1. The molecule has 2 aliphatic heterocycles. The Hall–Kier alpha value is -2.05. The van der Waals surface area contributed by atoms with Gasteiger partial charge in [-0.1, -0.05) is 0 Å². The monoisotopic (exact) mass is 265 g/mol. The Labute approximate surface area is 110 Å². The number of likely N-dealkylation sites (tertiary alicyclic amines) is 1. The molecule has 0 saturated carbocycles. The number of rotatable bonds is 1. The Balaban J connectivity index is 1.85. The molecule has 7 nitrogen and oxygen atoms in total. The van der Waals surface area contributed by atoms with E-state index in [9.17, 15) is 4.79 Å². The maximum atomic E-state index is 11.1. The lowest BCUT2D eigenvalue weighted by Gasteiger charge is -2.21. The first kappa shape index (κ1) is 12.0. The van der Waals surface area contributed by atoms with Crippen LogP contribution in [0.25, 0.3) is 0 Å². The minimum atomic E-state index is -0.914. The smallest absolute Gasteiger partial charge is 0.407 e. The van der Waals surface area contributed by atoms with Crippen molar-refractivity contribution in [1.29, 1.82) is 0 Å².